The van der Waals surface area contributed by atoms with Crippen molar-refractivity contribution in [2.24, 2.45) is 11.8 Å². The zero-order chi connectivity index (χ0) is 15.3. The Morgan fingerprint density at radius 1 is 1.00 bits per heavy atom. The monoisotopic (exact) mass is 300 g/mol. The zero-order valence-electron chi connectivity index (χ0n) is 13.6. The van der Waals surface area contributed by atoms with E-state index in [4.69, 9.17) is 14.2 Å². The van der Waals surface area contributed by atoms with Crippen molar-refractivity contribution < 1.29 is 14.2 Å². The molecule has 4 rings (SSSR count). The quantitative estimate of drug-likeness (QED) is 0.568. The molecular weight excluding hydrogens is 276 g/mol. The number of ether oxygens (including phenoxy) is 3. The predicted octanol–water partition coefficient (Wildman–Crippen LogP) is 4.58. The van der Waals surface area contributed by atoms with Crippen LogP contribution < -0.4 is 9.47 Å². The molecule has 0 radical (unpaired) electrons. The summed E-state index contributed by atoms with van der Waals surface area (Å²) in [6, 6.07) is 4.01. The van der Waals surface area contributed by atoms with E-state index < -0.39 is 0 Å². The summed E-state index contributed by atoms with van der Waals surface area (Å²) in [5.74, 6) is 2.99. The van der Waals surface area contributed by atoms with Gasteiger partial charge in [-0.15, -0.1) is 0 Å². The lowest BCUT2D eigenvalue weighted by Gasteiger charge is -2.38. The Labute approximate surface area is 132 Å². The van der Waals surface area contributed by atoms with Crippen molar-refractivity contribution in [1.82, 2.24) is 0 Å². The van der Waals surface area contributed by atoms with Gasteiger partial charge in [-0.2, -0.15) is 0 Å². The molecule has 3 heteroatoms. The second-order valence-corrected chi connectivity index (χ2v) is 6.58. The van der Waals surface area contributed by atoms with Gasteiger partial charge in [0.15, 0.2) is 0 Å². The molecule has 1 aliphatic carbocycles. The molecule has 22 heavy (non-hydrogen) atoms. The van der Waals surface area contributed by atoms with Gasteiger partial charge in [0.1, 0.15) is 11.5 Å². The molecular formula is C19H24O3. The van der Waals surface area contributed by atoms with Gasteiger partial charge in [-0.25, -0.2) is 0 Å². The largest absolute Gasteiger partial charge is 0.496 e. The van der Waals surface area contributed by atoms with Gasteiger partial charge in [-0.1, -0.05) is 31.4 Å². The second kappa shape index (κ2) is 5.31. The summed E-state index contributed by atoms with van der Waals surface area (Å²) in [6.07, 6.45) is 7.89. The van der Waals surface area contributed by atoms with Crippen molar-refractivity contribution in [3.8, 4) is 11.5 Å². The van der Waals surface area contributed by atoms with Crippen LogP contribution in [0.2, 0.25) is 0 Å². The Hall–Kier alpha value is -1.48. The fourth-order valence-electron chi connectivity index (χ4n) is 4.47. The first-order valence-corrected chi connectivity index (χ1v) is 8.41. The minimum absolute atomic E-state index is 0.157. The molecule has 118 valence electrons. The van der Waals surface area contributed by atoms with Gasteiger partial charge in [-0.05, 0) is 25.0 Å². The number of rotatable bonds is 6. The summed E-state index contributed by atoms with van der Waals surface area (Å²) in [6.45, 7) is 2.26. The SMILES string of the molecule is CCCCCC1=C[C@@H]2[C@H]1[C@H]1O[C@@H]2c2c(OC)ccc(OC)c21. The number of hydrogen-bond acceptors (Lipinski definition) is 3. The molecule has 2 aliphatic heterocycles. The first-order chi connectivity index (χ1) is 10.8. The first-order valence-electron chi connectivity index (χ1n) is 8.41. The molecule has 3 aliphatic rings. The van der Waals surface area contributed by atoms with Crippen LogP contribution >= 0.6 is 0 Å². The van der Waals surface area contributed by atoms with E-state index in [1.165, 1.54) is 36.8 Å². The fourth-order valence-corrected chi connectivity index (χ4v) is 4.47. The Balaban J connectivity index is 1.65. The Bertz CT molecular complexity index is 619. The van der Waals surface area contributed by atoms with Crippen molar-refractivity contribution >= 4 is 0 Å². The number of fused-ring (bicyclic) bond motifs is 8. The molecule has 1 saturated heterocycles. The Morgan fingerprint density at radius 2 is 1.68 bits per heavy atom. The van der Waals surface area contributed by atoms with Crippen molar-refractivity contribution in [3.05, 3.63) is 34.9 Å². The maximum atomic E-state index is 6.34. The third-order valence-electron chi connectivity index (χ3n) is 5.50. The Kier molecular flexibility index (Phi) is 3.41. The van der Waals surface area contributed by atoms with Gasteiger partial charge < -0.3 is 14.2 Å². The van der Waals surface area contributed by atoms with E-state index in [0.29, 0.717) is 11.8 Å². The maximum absolute atomic E-state index is 6.34. The van der Waals surface area contributed by atoms with Gasteiger partial charge in [0.2, 0.25) is 0 Å². The van der Waals surface area contributed by atoms with Crippen LogP contribution in [0.3, 0.4) is 0 Å². The lowest BCUT2D eigenvalue weighted by molar-refractivity contribution is 0.0601. The minimum atomic E-state index is 0.157. The van der Waals surface area contributed by atoms with E-state index in [1.54, 1.807) is 19.8 Å². The van der Waals surface area contributed by atoms with Gasteiger partial charge in [0.25, 0.3) is 0 Å². The van der Waals surface area contributed by atoms with E-state index in [9.17, 15) is 0 Å². The molecule has 2 heterocycles. The third-order valence-corrected chi connectivity index (χ3v) is 5.50. The van der Waals surface area contributed by atoms with Gasteiger partial charge >= 0.3 is 0 Å². The highest BCUT2D eigenvalue weighted by atomic mass is 16.5. The summed E-state index contributed by atoms with van der Waals surface area (Å²) in [4.78, 5) is 0. The van der Waals surface area contributed by atoms with Crippen LogP contribution in [0.15, 0.2) is 23.8 Å². The molecule has 0 saturated carbocycles. The fraction of sp³-hybridized carbons (Fsp3) is 0.579. The maximum Gasteiger partial charge on any atom is 0.125 e. The minimum Gasteiger partial charge on any atom is -0.496 e. The summed E-state index contributed by atoms with van der Waals surface area (Å²) >= 11 is 0. The van der Waals surface area contributed by atoms with Crippen LogP contribution in [0.4, 0.5) is 0 Å². The van der Waals surface area contributed by atoms with Crippen LogP contribution in [0.5, 0.6) is 11.5 Å². The predicted molar refractivity (Wildman–Crippen MR) is 85.3 cm³/mol. The van der Waals surface area contributed by atoms with Gasteiger partial charge in [-0.3, -0.25) is 0 Å². The van der Waals surface area contributed by atoms with Crippen LogP contribution in [0.25, 0.3) is 0 Å². The van der Waals surface area contributed by atoms with E-state index in [-0.39, 0.29) is 12.2 Å². The van der Waals surface area contributed by atoms with Crippen molar-refractivity contribution in [1.29, 1.82) is 0 Å². The highest BCUT2D eigenvalue weighted by Gasteiger charge is 2.58. The lowest BCUT2D eigenvalue weighted by atomic mass is 9.63. The van der Waals surface area contributed by atoms with E-state index in [1.807, 2.05) is 12.1 Å². The second-order valence-electron chi connectivity index (χ2n) is 6.58. The highest BCUT2D eigenvalue weighted by Crippen LogP contribution is 2.67. The number of hydrogen-bond donors (Lipinski definition) is 0. The van der Waals surface area contributed by atoms with Gasteiger partial charge in [0, 0.05) is 23.0 Å². The average Bonchev–Trinajstić information content (AvgIpc) is 3.02. The van der Waals surface area contributed by atoms with Crippen LogP contribution in [0.1, 0.15) is 55.9 Å². The summed E-state index contributed by atoms with van der Waals surface area (Å²) < 4.78 is 17.5. The molecule has 2 bridgehead atoms. The summed E-state index contributed by atoms with van der Waals surface area (Å²) in [5.41, 5.74) is 4.05. The number of unbranched alkanes of at least 4 members (excludes halogenated alkanes) is 2. The molecule has 3 nitrogen and oxygen atoms in total. The Morgan fingerprint density at radius 3 is 2.32 bits per heavy atom. The number of methoxy groups -OCH3 is 2. The van der Waals surface area contributed by atoms with Gasteiger partial charge in [0.05, 0.1) is 26.4 Å². The molecule has 0 N–H and O–H groups in total. The molecule has 4 atom stereocenters. The molecule has 1 aromatic carbocycles. The van der Waals surface area contributed by atoms with Crippen molar-refractivity contribution in [3.63, 3.8) is 0 Å². The average molecular weight is 300 g/mol. The molecule has 0 amide bonds. The standard InChI is InChI=1S/C19H24O3/c1-4-5-6-7-11-10-12-15(11)19-17-14(21-3)9-8-13(20-2)16(17)18(12)22-19/h8-10,12,15,18-19H,4-7H2,1-3H3/t12-,15+,18+,19-/m1/s1. The molecule has 0 spiro atoms. The van der Waals surface area contributed by atoms with Crippen molar-refractivity contribution in [2.75, 3.05) is 14.2 Å². The molecule has 1 fully saturated rings. The van der Waals surface area contributed by atoms with Crippen LogP contribution in [-0.2, 0) is 4.74 Å². The zero-order valence-corrected chi connectivity index (χ0v) is 13.6. The molecule has 1 aromatic rings. The lowest BCUT2D eigenvalue weighted by Crippen LogP contribution is -2.30. The first kappa shape index (κ1) is 14.1. The van der Waals surface area contributed by atoms with Crippen LogP contribution in [-0.4, -0.2) is 14.2 Å². The van der Waals surface area contributed by atoms with E-state index in [2.05, 4.69) is 13.0 Å². The smallest absolute Gasteiger partial charge is 0.125 e. The molecule has 0 aromatic heterocycles. The van der Waals surface area contributed by atoms with Crippen molar-refractivity contribution in [2.45, 2.75) is 44.8 Å². The highest BCUT2D eigenvalue weighted by molar-refractivity contribution is 5.58. The molecule has 0 unspecified atom stereocenters. The number of benzene rings is 1. The van der Waals surface area contributed by atoms with E-state index >= 15 is 0 Å². The summed E-state index contributed by atoms with van der Waals surface area (Å²) in [7, 11) is 3.47. The normalized spacial score (nSPS) is 30.4. The van der Waals surface area contributed by atoms with Crippen LogP contribution in [0, 0.1) is 11.8 Å². The van der Waals surface area contributed by atoms with E-state index in [0.717, 1.165) is 11.5 Å². The summed E-state index contributed by atoms with van der Waals surface area (Å²) in [5, 5.41) is 0. The topological polar surface area (TPSA) is 27.7 Å². The third kappa shape index (κ3) is 1.78.